The first-order valence-corrected chi connectivity index (χ1v) is 3.89. The molecule has 0 aliphatic heterocycles. The number of H-pyrrole nitrogens is 1. The van der Waals surface area contributed by atoms with Gasteiger partial charge in [-0.05, 0) is 28.9 Å². The van der Waals surface area contributed by atoms with Gasteiger partial charge in [0.2, 0.25) is 0 Å². The topological polar surface area (TPSA) is 76.6 Å². The lowest BCUT2D eigenvalue weighted by Gasteiger charge is -2.10. The highest BCUT2D eigenvalue weighted by atomic mass is 79.9. The van der Waals surface area contributed by atoms with Crippen molar-refractivity contribution in [2.75, 3.05) is 5.23 Å². The van der Waals surface area contributed by atoms with Crippen LogP contribution in [0.3, 0.4) is 0 Å². The number of anilines is 1. The van der Waals surface area contributed by atoms with E-state index in [4.69, 9.17) is 10.4 Å². The van der Waals surface area contributed by atoms with E-state index < -0.39 is 0 Å². The minimum atomic E-state index is -0.307. The number of aryl methyl sites for hydroxylation is 1. The third-order valence-electron chi connectivity index (χ3n) is 1.38. The Labute approximate surface area is 76.3 Å². The summed E-state index contributed by atoms with van der Waals surface area (Å²) in [4.78, 5) is 13.4. The fraction of sp³-hybridized carbons (Fsp3) is 0.167. The van der Waals surface area contributed by atoms with Gasteiger partial charge in [0.1, 0.15) is 5.69 Å². The van der Waals surface area contributed by atoms with Crippen LogP contribution in [0.5, 0.6) is 0 Å². The Hall–Kier alpha value is -0.850. The summed E-state index contributed by atoms with van der Waals surface area (Å²) in [6.07, 6.45) is 0. The van der Waals surface area contributed by atoms with Crippen molar-refractivity contribution in [3.63, 3.8) is 0 Å². The lowest BCUT2D eigenvalue weighted by Crippen LogP contribution is -2.17. The van der Waals surface area contributed by atoms with E-state index in [1.165, 1.54) is 6.07 Å². The van der Waals surface area contributed by atoms with Gasteiger partial charge in [-0.15, -0.1) is 5.23 Å². The van der Waals surface area contributed by atoms with Gasteiger partial charge in [-0.1, -0.05) is 0 Å². The van der Waals surface area contributed by atoms with Crippen LogP contribution < -0.4 is 10.8 Å². The molecule has 6 heteroatoms. The van der Waals surface area contributed by atoms with Crippen molar-refractivity contribution in [2.24, 2.45) is 0 Å². The van der Waals surface area contributed by atoms with Gasteiger partial charge in [0.15, 0.2) is 0 Å². The van der Waals surface area contributed by atoms with Crippen LogP contribution in [-0.2, 0) is 0 Å². The molecule has 0 aliphatic carbocycles. The molecule has 0 spiro atoms. The molecule has 0 radical (unpaired) electrons. The van der Waals surface area contributed by atoms with Crippen LogP contribution in [0, 0.1) is 6.92 Å². The molecular weight excluding hydrogens is 228 g/mol. The van der Waals surface area contributed by atoms with Crippen LogP contribution in [0.1, 0.15) is 5.69 Å². The number of nitrogens with one attached hydrogen (secondary N) is 1. The summed E-state index contributed by atoms with van der Waals surface area (Å²) in [5.74, 6) is 0. The lowest BCUT2D eigenvalue weighted by molar-refractivity contribution is 0.0286. The van der Waals surface area contributed by atoms with E-state index in [9.17, 15) is 4.79 Å². The van der Waals surface area contributed by atoms with Crippen molar-refractivity contribution < 1.29 is 10.4 Å². The van der Waals surface area contributed by atoms with Crippen LogP contribution in [0.2, 0.25) is 0 Å². The normalized spacial score (nSPS) is 10.0. The molecule has 3 N–H and O–H groups in total. The average Bonchev–Trinajstić information content (AvgIpc) is 1.96. The molecule has 0 saturated carbocycles. The fourth-order valence-electron chi connectivity index (χ4n) is 0.796. The molecule has 1 aromatic heterocycles. The Morgan fingerprint density at radius 2 is 2.17 bits per heavy atom. The molecule has 0 aromatic carbocycles. The minimum absolute atomic E-state index is 0.0456. The first-order valence-electron chi connectivity index (χ1n) is 3.09. The maximum absolute atomic E-state index is 10.9. The Bertz CT molecular complexity index is 347. The van der Waals surface area contributed by atoms with Gasteiger partial charge >= 0.3 is 0 Å². The molecule has 12 heavy (non-hydrogen) atoms. The van der Waals surface area contributed by atoms with Crippen molar-refractivity contribution in [3.8, 4) is 0 Å². The third kappa shape index (κ3) is 1.66. The predicted molar refractivity (Wildman–Crippen MR) is 45.6 cm³/mol. The molecule has 0 saturated heterocycles. The Kier molecular flexibility index (Phi) is 2.51. The van der Waals surface area contributed by atoms with Gasteiger partial charge in [0.25, 0.3) is 5.56 Å². The molecule has 1 rings (SSSR count). The summed E-state index contributed by atoms with van der Waals surface area (Å²) in [5.41, 5.74) is 0.202. The van der Waals surface area contributed by atoms with Gasteiger partial charge in [-0.3, -0.25) is 15.2 Å². The van der Waals surface area contributed by atoms with Gasteiger partial charge < -0.3 is 4.98 Å². The quantitative estimate of drug-likeness (QED) is 0.635. The molecule has 0 aliphatic rings. The summed E-state index contributed by atoms with van der Waals surface area (Å²) < 4.78 is 0.246. The van der Waals surface area contributed by atoms with Crippen molar-refractivity contribution in [1.29, 1.82) is 0 Å². The highest BCUT2D eigenvalue weighted by Crippen LogP contribution is 2.16. The van der Waals surface area contributed by atoms with Crippen molar-refractivity contribution in [1.82, 2.24) is 4.98 Å². The van der Waals surface area contributed by atoms with Gasteiger partial charge in [-0.2, -0.15) is 0 Å². The van der Waals surface area contributed by atoms with Crippen LogP contribution in [0.4, 0.5) is 5.69 Å². The molecule has 66 valence electrons. The Morgan fingerprint density at radius 3 is 2.67 bits per heavy atom. The SMILES string of the molecule is Cc1[nH]c(=O)c(Br)cc1N(O)O. The van der Waals surface area contributed by atoms with Crippen LogP contribution in [0.25, 0.3) is 0 Å². The smallest absolute Gasteiger partial charge is 0.262 e. The maximum atomic E-state index is 10.9. The molecule has 0 unspecified atom stereocenters. The number of halogens is 1. The number of hydrogen-bond acceptors (Lipinski definition) is 4. The first-order chi connectivity index (χ1) is 5.52. The van der Waals surface area contributed by atoms with Crippen LogP contribution >= 0.6 is 15.9 Å². The standard InChI is InChI=1S/C6H7BrN2O3/c1-3-5(9(11)12)2-4(7)6(10)8-3/h2,11-12H,1H3,(H,8,10). The predicted octanol–water partition coefficient (Wildman–Crippen LogP) is 1.03. The lowest BCUT2D eigenvalue weighted by atomic mass is 10.3. The highest BCUT2D eigenvalue weighted by molar-refractivity contribution is 9.10. The van der Waals surface area contributed by atoms with Gasteiger partial charge in [0.05, 0.1) is 4.47 Å². The van der Waals surface area contributed by atoms with Gasteiger partial charge in [0, 0.05) is 5.69 Å². The largest absolute Gasteiger partial charge is 0.323 e. The van der Waals surface area contributed by atoms with Gasteiger partial charge in [-0.25, -0.2) is 0 Å². The molecule has 1 aromatic rings. The van der Waals surface area contributed by atoms with E-state index in [1.54, 1.807) is 6.92 Å². The zero-order valence-electron chi connectivity index (χ0n) is 6.21. The fourth-order valence-corrected chi connectivity index (χ4v) is 1.11. The Balaban J connectivity index is 3.33. The maximum Gasteiger partial charge on any atom is 0.262 e. The Morgan fingerprint density at radius 1 is 1.58 bits per heavy atom. The molecular formula is C6H7BrN2O3. The van der Waals surface area contributed by atoms with Crippen molar-refractivity contribution in [3.05, 3.63) is 26.6 Å². The second kappa shape index (κ2) is 3.26. The van der Waals surface area contributed by atoms with E-state index in [2.05, 4.69) is 20.9 Å². The zero-order chi connectivity index (χ0) is 9.30. The van der Waals surface area contributed by atoms with E-state index in [0.29, 0.717) is 5.69 Å². The summed E-state index contributed by atoms with van der Waals surface area (Å²) in [7, 11) is 0. The van der Waals surface area contributed by atoms with Crippen LogP contribution in [0.15, 0.2) is 15.3 Å². The number of pyridine rings is 1. The first kappa shape index (κ1) is 9.24. The van der Waals surface area contributed by atoms with E-state index >= 15 is 0 Å². The second-order valence-electron chi connectivity index (χ2n) is 2.25. The molecule has 0 amide bonds. The molecule has 0 atom stereocenters. The highest BCUT2D eigenvalue weighted by Gasteiger charge is 2.06. The molecule has 0 bridgehead atoms. The van der Waals surface area contributed by atoms with E-state index in [1.807, 2.05) is 0 Å². The number of rotatable bonds is 1. The molecule has 1 heterocycles. The minimum Gasteiger partial charge on any atom is -0.323 e. The molecule has 0 fully saturated rings. The third-order valence-corrected chi connectivity index (χ3v) is 1.97. The number of aromatic nitrogens is 1. The van der Waals surface area contributed by atoms with E-state index in [-0.39, 0.29) is 20.9 Å². The number of aromatic amines is 1. The number of hydrogen-bond donors (Lipinski definition) is 3. The average molecular weight is 235 g/mol. The summed E-state index contributed by atoms with van der Waals surface area (Å²) in [5, 5.41) is 17.3. The van der Waals surface area contributed by atoms with Crippen LogP contribution in [-0.4, -0.2) is 15.4 Å². The molecule has 5 nitrogen and oxygen atoms in total. The van der Waals surface area contributed by atoms with Crippen molar-refractivity contribution in [2.45, 2.75) is 6.92 Å². The second-order valence-corrected chi connectivity index (χ2v) is 3.10. The summed E-state index contributed by atoms with van der Waals surface area (Å²) in [6, 6.07) is 1.31. The van der Waals surface area contributed by atoms with E-state index in [0.717, 1.165) is 0 Å². The van der Waals surface area contributed by atoms with Crippen molar-refractivity contribution >= 4 is 21.6 Å². The summed E-state index contributed by atoms with van der Waals surface area (Å²) >= 11 is 2.96. The number of nitrogens with zero attached hydrogens (tertiary/aromatic N) is 1. The zero-order valence-corrected chi connectivity index (χ0v) is 7.79. The monoisotopic (exact) mass is 234 g/mol. The summed E-state index contributed by atoms with van der Waals surface area (Å²) in [6.45, 7) is 1.56.